The van der Waals surface area contributed by atoms with Gasteiger partial charge in [-0.3, -0.25) is 9.69 Å². The third kappa shape index (κ3) is 5.54. The summed E-state index contributed by atoms with van der Waals surface area (Å²) in [6.45, 7) is 8.91. The molecule has 3 fully saturated rings. The molecule has 2 aromatic rings. The number of aromatic carboxylic acids is 1. The van der Waals surface area contributed by atoms with Crippen molar-refractivity contribution >= 4 is 5.97 Å². The largest absolute Gasteiger partial charge is 0.491 e. The summed E-state index contributed by atoms with van der Waals surface area (Å²) in [7, 11) is 0. The zero-order valence-corrected chi connectivity index (χ0v) is 22.0. The molecule has 2 aliphatic carbocycles. The van der Waals surface area contributed by atoms with Crippen molar-refractivity contribution in [1.29, 1.82) is 0 Å². The highest BCUT2D eigenvalue weighted by atomic mass is 16.5. The molecular weight excluding hydrogens is 452 g/mol. The van der Waals surface area contributed by atoms with Crippen LogP contribution in [0.3, 0.4) is 0 Å². The maximum atomic E-state index is 12.8. The smallest absolute Gasteiger partial charge is 0.336 e. The van der Waals surface area contributed by atoms with Crippen LogP contribution in [0.5, 0.6) is 5.75 Å². The average molecular weight is 493 g/mol. The third-order valence-corrected chi connectivity index (χ3v) is 7.92. The van der Waals surface area contributed by atoms with E-state index in [1.807, 2.05) is 13.1 Å². The van der Waals surface area contributed by atoms with Gasteiger partial charge in [-0.1, -0.05) is 19.4 Å². The van der Waals surface area contributed by atoms with Crippen LogP contribution in [0.2, 0.25) is 0 Å². The number of hydrogen-bond donors (Lipinski definition) is 1. The fourth-order valence-electron chi connectivity index (χ4n) is 5.78. The van der Waals surface area contributed by atoms with Crippen LogP contribution in [0, 0.1) is 0 Å². The van der Waals surface area contributed by atoms with Gasteiger partial charge in [0.05, 0.1) is 11.7 Å². The number of piperidine rings is 1. The van der Waals surface area contributed by atoms with Crippen LogP contribution in [0.1, 0.15) is 116 Å². The van der Waals surface area contributed by atoms with Crippen molar-refractivity contribution in [2.75, 3.05) is 13.1 Å². The van der Waals surface area contributed by atoms with Gasteiger partial charge in [-0.15, -0.1) is 0 Å². The zero-order chi connectivity index (χ0) is 25.4. The number of nitrogens with zero attached hydrogens (tertiary/aromatic N) is 2. The van der Waals surface area contributed by atoms with Crippen molar-refractivity contribution in [3.63, 3.8) is 0 Å². The van der Waals surface area contributed by atoms with Gasteiger partial charge >= 0.3 is 5.97 Å². The molecule has 1 aliphatic heterocycles. The second kappa shape index (κ2) is 10.4. The lowest BCUT2D eigenvalue weighted by molar-refractivity contribution is 0.0695. The first kappa shape index (κ1) is 25.1. The van der Waals surface area contributed by atoms with Crippen molar-refractivity contribution in [2.24, 2.45) is 0 Å². The van der Waals surface area contributed by atoms with Gasteiger partial charge in [0, 0.05) is 43.5 Å². The van der Waals surface area contributed by atoms with Gasteiger partial charge in [0.25, 0.3) is 5.56 Å². The fourth-order valence-corrected chi connectivity index (χ4v) is 5.78. The standard InChI is InChI=1S/C30H40N2O4/c1-4-5-22-18-32(29(33)16-27(22)30(34)35)24-10-12-31(13-11-24)17-23-14-25(20-6-7-20)26(21-8-9-21)15-28(23)36-19(2)3/h14-16,18-21,24H,4-13,17H2,1-3H3,(H,34,35). The fraction of sp³-hybridized carbons (Fsp3) is 0.600. The van der Waals surface area contributed by atoms with E-state index in [0.29, 0.717) is 6.42 Å². The van der Waals surface area contributed by atoms with Crippen molar-refractivity contribution in [1.82, 2.24) is 9.47 Å². The van der Waals surface area contributed by atoms with E-state index in [2.05, 4.69) is 30.9 Å². The summed E-state index contributed by atoms with van der Waals surface area (Å²) in [6, 6.07) is 6.22. The van der Waals surface area contributed by atoms with Crippen molar-refractivity contribution in [2.45, 2.75) is 103 Å². The number of ether oxygens (including phenoxy) is 1. The molecule has 1 N–H and O–H groups in total. The van der Waals surface area contributed by atoms with Gasteiger partial charge in [-0.25, -0.2) is 4.79 Å². The molecule has 0 unspecified atom stereocenters. The minimum Gasteiger partial charge on any atom is -0.491 e. The monoisotopic (exact) mass is 492 g/mol. The minimum absolute atomic E-state index is 0.109. The van der Waals surface area contributed by atoms with E-state index in [0.717, 1.165) is 62.0 Å². The van der Waals surface area contributed by atoms with Crippen LogP contribution in [0.15, 0.2) is 29.2 Å². The van der Waals surface area contributed by atoms with Crippen LogP contribution in [0.4, 0.5) is 0 Å². The Morgan fingerprint density at radius 2 is 1.64 bits per heavy atom. The van der Waals surface area contributed by atoms with Crippen LogP contribution in [0.25, 0.3) is 0 Å². The number of aromatic nitrogens is 1. The highest BCUT2D eigenvalue weighted by Gasteiger charge is 2.34. The summed E-state index contributed by atoms with van der Waals surface area (Å²) < 4.78 is 8.10. The van der Waals surface area contributed by atoms with Crippen LogP contribution in [-0.4, -0.2) is 39.7 Å². The number of rotatable bonds is 10. The SMILES string of the molecule is CCCc1cn(C2CCN(Cc3cc(C4CC4)c(C4CC4)cc3OC(C)C)CC2)c(=O)cc1C(=O)O. The number of aryl methyl sites for hydroxylation is 1. The molecule has 2 saturated carbocycles. The van der Waals surface area contributed by atoms with E-state index in [1.54, 1.807) is 10.1 Å². The van der Waals surface area contributed by atoms with Crippen molar-refractivity contribution < 1.29 is 14.6 Å². The lowest BCUT2D eigenvalue weighted by Crippen LogP contribution is -2.37. The van der Waals surface area contributed by atoms with Crippen molar-refractivity contribution in [3.05, 3.63) is 62.6 Å². The maximum absolute atomic E-state index is 12.8. The molecule has 1 saturated heterocycles. The Kier molecular flexibility index (Phi) is 7.25. The predicted molar refractivity (Wildman–Crippen MR) is 141 cm³/mol. The van der Waals surface area contributed by atoms with Gasteiger partial charge in [0.2, 0.25) is 0 Å². The summed E-state index contributed by atoms with van der Waals surface area (Å²) >= 11 is 0. The van der Waals surface area contributed by atoms with Gasteiger partial charge in [0.1, 0.15) is 5.75 Å². The molecule has 0 amide bonds. The molecule has 194 valence electrons. The molecule has 2 heterocycles. The van der Waals surface area contributed by atoms with E-state index in [9.17, 15) is 14.7 Å². The van der Waals surface area contributed by atoms with Crippen LogP contribution >= 0.6 is 0 Å². The number of likely N-dealkylation sites (tertiary alicyclic amines) is 1. The Balaban J connectivity index is 1.32. The average Bonchev–Trinajstić information content (AvgIpc) is 3.75. The summed E-state index contributed by atoms with van der Waals surface area (Å²) in [6.07, 6.45) is 10.5. The maximum Gasteiger partial charge on any atom is 0.336 e. The van der Waals surface area contributed by atoms with Gasteiger partial charge in [0.15, 0.2) is 0 Å². The molecule has 0 bridgehead atoms. The van der Waals surface area contributed by atoms with Gasteiger partial charge < -0.3 is 14.4 Å². The molecule has 6 nitrogen and oxygen atoms in total. The van der Waals surface area contributed by atoms with E-state index in [-0.39, 0.29) is 23.3 Å². The van der Waals surface area contributed by atoms with E-state index in [4.69, 9.17) is 4.74 Å². The Morgan fingerprint density at radius 1 is 1.00 bits per heavy atom. The predicted octanol–water partition coefficient (Wildman–Crippen LogP) is 5.88. The second-order valence-corrected chi connectivity index (χ2v) is 11.3. The van der Waals surface area contributed by atoms with E-state index in [1.165, 1.54) is 42.9 Å². The quantitative estimate of drug-likeness (QED) is 0.449. The molecule has 0 radical (unpaired) electrons. The van der Waals surface area contributed by atoms with Gasteiger partial charge in [-0.2, -0.15) is 0 Å². The van der Waals surface area contributed by atoms with Gasteiger partial charge in [-0.05, 0) is 93.4 Å². The molecule has 6 heteroatoms. The molecule has 0 atom stereocenters. The first-order valence-electron chi connectivity index (χ1n) is 13.9. The second-order valence-electron chi connectivity index (χ2n) is 11.3. The Morgan fingerprint density at radius 3 is 2.19 bits per heavy atom. The molecule has 5 rings (SSSR count). The number of benzene rings is 1. The number of carbonyl (C=O) groups is 1. The van der Waals surface area contributed by atoms with E-state index < -0.39 is 5.97 Å². The number of carboxylic acids is 1. The summed E-state index contributed by atoms with van der Waals surface area (Å²) in [5.41, 5.74) is 5.08. The molecule has 1 aromatic heterocycles. The Labute approximate surface area is 214 Å². The third-order valence-electron chi connectivity index (χ3n) is 7.92. The first-order chi connectivity index (χ1) is 17.3. The molecule has 0 spiro atoms. The Hall–Kier alpha value is -2.60. The molecule has 1 aromatic carbocycles. The summed E-state index contributed by atoms with van der Waals surface area (Å²) in [5.74, 6) is 1.48. The number of carboxylic acid groups (broad SMARTS) is 1. The van der Waals surface area contributed by atoms with Crippen LogP contribution in [-0.2, 0) is 13.0 Å². The van der Waals surface area contributed by atoms with E-state index >= 15 is 0 Å². The van der Waals surface area contributed by atoms with Crippen molar-refractivity contribution in [3.8, 4) is 5.75 Å². The zero-order valence-electron chi connectivity index (χ0n) is 22.0. The summed E-state index contributed by atoms with van der Waals surface area (Å²) in [4.78, 5) is 26.9. The lowest BCUT2D eigenvalue weighted by atomic mass is 9.95. The number of pyridine rings is 1. The topological polar surface area (TPSA) is 71.8 Å². The minimum atomic E-state index is -1.02. The Bertz CT molecular complexity index is 1170. The highest BCUT2D eigenvalue weighted by molar-refractivity contribution is 5.89. The lowest BCUT2D eigenvalue weighted by Gasteiger charge is -2.34. The normalized spacial score (nSPS) is 19.1. The first-order valence-corrected chi connectivity index (χ1v) is 13.9. The molecule has 36 heavy (non-hydrogen) atoms. The van der Waals surface area contributed by atoms with Crippen LogP contribution < -0.4 is 10.3 Å². The molecular formula is C30H40N2O4. The molecule has 3 aliphatic rings. The highest BCUT2D eigenvalue weighted by Crippen LogP contribution is 2.51. The summed E-state index contributed by atoms with van der Waals surface area (Å²) in [5, 5.41) is 9.51. The number of hydrogen-bond acceptors (Lipinski definition) is 4.